The van der Waals surface area contributed by atoms with E-state index in [9.17, 15) is 18.3 Å². The molecule has 4 nitrogen and oxygen atoms in total. The number of hydrogen-bond donors (Lipinski definition) is 1. The van der Waals surface area contributed by atoms with Crippen molar-refractivity contribution < 1.29 is 23.0 Å². The number of benzene rings is 1. The average molecular weight is 372 g/mol. The van der Waals surface area contributed by atoms with E-state index in [1.54, 1.807) is 6.07 Å². The molecule has 1 saturated carbocycles. The number of anilines is 1. The second-order valence-electron chi connectivity index (χ2n) is 7.23. The van der Waals surface area contributed by atoms with Crippen LogP contribution < -0.4 is 4.90 Å². The molecule has 1 saturated heterocycles. The molecule has 0 unspecified atom stereocenters. The van der Waals surface area contributed by atoms with Crippen molar-refractivity contribution in [1.29, 1.82) is 0 Å². The number of nitrogens with zero attached hydrogens (tertiary/aromatic N) is 2. The van der Waals surface area contributed by atoms with E-state index in [0.29, 0.717) is 38.0 Å². The maximum Gasteiger partial charge on any atom is 0.416 e. The lowest BCUT2D eigenvalue weighted by Crippen LogP contribution is -2.49. The van der Waals surface area contributed by atoms with E-state index in [1.807, 2.05) is 4.90 Å². The third kappa shape index (κ3) is 5.34. The highest BCUT2D eigenvalue weighted by Gasteiger charge is 2.31. The summed E-state index contributed by atoms with van der Waals surface area (Å²) < 4.78 is 44.3. The van der Waals surface area contributed by atoms with Crippen molar-refractivity contribution in [2.75, 3.05) is 44.2 Å². The van der Waals surface area contributed by atoms with Gasteiger partial charge in [0.25, 0.3) is 0 Å². The second kappa shape index (κ2) is 8.59. The Morgan fingerprint density at radius 1 is 1.12 bits per heavy atom. The Balaban J connectivity index is 1.44. The van der Waals surface area contributed by atoms with Gasteiger partial charge in [-0.3, -0.25) is 4.90 Å². The molecule has 0 aromatic heterocycles. The molecule has 1 aliphatic heterocycles. The minimum atomic E-state index is -4.32. The molecule has 1 N–H and O–H groups in total. The van der Waals surface area contributed by atoms with Gasteiger partial charge in [-0.2, -0.15) is 13.2 Å². The van der Waals surface area contributed by atoms with Gasteiger partial charge < -0.3 is 14.7 Å². The van der Waals surface area contributed by atoms with Crippen molar-refractivity contribution in [3.8, 4) is 0 Å². The minimum Gasteiger partial charge on any atom is -0.389 e. The molecule has 0 spiro atoms. The van der Waals surface area contributed by atoms with Crippen LogP contribution in [0.25, 0.3) is 0 Å². The Morgan fingerprint density at radius 3 is 2.46 bits per heavy atom. The average Bonchev–Trinajstić information content (AvgIpc) is 3.14. The van der Waals surface area contributed by atoms with Crippen LogP contribution in [0.15, 0.2) is 24.3 Å². The Labute approximate surface area is 152 Å². The second-order valence-corrected chi connectivity index (χ2v) is 7.23. The van der Waals surface area contributed by atoms with Gasteiger partial charge in [-0.05, 0) is 31.0 Å². The number of alkyl halides is 3. The van der Waals surface area contributed by atoms with Crippen molar-refractivity contribution >= 4 is 5.69 Å². The van der Waals surface area contributed by atoms with Crippen LogP contribution in [-0.4, -0.2) is 61.5 Å². The summed E-state index contributed by atoms with van der Waals surface area (Å²) in [5, 5.41) is 10.2. The van der Waals surface area contributed by atoms with Gasteiger partial charge in [-0.1, -0.05) is 18.9 Å². The fourth-order valence-corrected chi connectivity index (χ4v) is 3.72. The number of aliphatic hydroxyl groups excluding tert-OH is 1. The van der Waals surface area contributed by atoms with Crippen LogP contribution in [0.1, 0.15) is 31.2 Å². The van der Waals surface area contributed by atoms with Crippen LogP contribution in [0.4, 0.5) is 18.9 Å². The molecule has 7 heteroatoms. The third-order valence-corrected chi connectivity index (χ3v) is 5.21. The molecule has 1 aliphatic carbocycles. The van der Waals surface area contributed by atoms with Crippen LogP contribution >= 0.6 is 0 Å². The molecule has 0 amide bonds. The standard InChI is InChI=1S/C19H27F3N2O2/c20-19(21,22)15-4-3-5-16(12-15)24-10-8-23(9-11-24)13-17(25)14-26-18-6-1-2-7-18/h3-5,12,17-18,25H,1-2,6-11,13-14H2/t17-/m0/s1. The van der Waals surface area contributed by atoms with E-state index in [1.165, 1.54) is 25.0 Å². The first-order valence-electron chi connectivity index (χ1n) is 9.36. The van der Waals surface area contributed by atoms with Crippen LogP contribution in [0.2, 0.25) is 0 Å². The maximum absolute atomic E-state index is 12.9. The Bertz CT molecular complexity index is 568. The lowest BCUT2D eigenvalue weighted by Gasteiger charge is -2.37. The molecule has 2 fully saturated rings. The smallest absolute Gasteiger partial charge is 0.389 e. The van der Waals surface area contributed by atoms with Crippen molar-refractivity contribution in [1.82, 2.24) is 4.90 Å². The molecule has 146 valence electrons. The largest absolute Gasteiger partial charge is 0.416 e. The minimum absolute atomic E-state index is 0.294. The summed E-state index contributed by atoms with van der Waals surface area (Å²) in [5.41, 5.74) is -0.0125. The third-order valence-electron chi connectivity index (χ3n) is 5.21. The summed E-state index contributed by atoms with van der Waals surface area (Å²) in [6.45, 7) is 3.64. The number of β-amino-alcohol motifs (C(OH)–C–C–N with tert-alkyl or cyclic N) is 1. The molecule has 2 aliphatic rings. The van der Waals surface area contributed by atoms with Crippen LogP contribution in [0, 0.1) is 0 Å². The Hall–Kier alpha value is -1.31. The zero-order chi connectivity index (χ0) is 18.6. The molecule has 1 heterocycles. The van der Waals surface area contributed by atoms with Crippen LogP contribution in [-0.2, 0) is 10.9 Å². The quantitative estimate of drug-likeness (QED) is 0.832. The Morgan fingerprint density at radius 2 is 1.81 bits per heavy atom. The predicted octanol–water partition coefficient (Wildman–Crippen LogP) is 3.15. The van der Waals surface area contributed by atoms with Crippen LogP contribution in [0.5, 0.6) is 0 Å². The molecule has 1 aromatic carbocycles. The van der Waals surface area contributed by atoms with Gasteiger partial charge >= 0.3 is 6.18 Å². The number of halogens is 3. The molecule has 1 aromatic rings. The van der Waals surface area contributed by atoms with Gasteiger partial charge in [0.2, 0.25) is 0 Å². The fraction of sp³-hybridized carbons (Fsp3) is 0.684. The topological polar surface area (TPSA) is 35.9 Å². The first kappa shape index (κ1) is 19.5. The lowest BCUT2D eigenvalue weighted by molar-refractivity contribution is -0.137. The van der Waals surface area contributed by atoms with Gasteiger partial charge in [0.1, 0.15) is 0 Å². The van der Waals surface area contributed by atoms with Crippen molar-refractivity contribution in [3.05, 3.63) is 29.8 Å². The molecule has 3 rings (SSSR count). The van der Waals surface area contributed by atoms with E-state index in [-0.39, 0.29) is 0 Å². The first-order chi connectivity index (χ1) is 12.4. The summed E-state index contributed by atoms with van der Waals surface area (Å²) in [6, 6.07) is 5.48. The summed E-state index contributed by atoms with van der Waals surface area (Å²) >= 11 is 0. The van der Waals surface area contributed by atoms with E-state index in [0.717, 1.165) is 32.0 Å². The summed E-state index contributed by atoms with van der Waals surface area (Å²) in [5.74, 6) is 0. The highest BCUT2D eigenvalue weighted by molar-refractivity contribution is 5.49. The number of ether oxygens (including phenoxy) is 1. The molecule has 1 atom stereocenters. The van der Waals surface area contributed by atoms with Gasteiger partial charge in [0.05, 0.1) is 24.4 Å². The molecule has 0 radical (unpaired) electrons. The number of aliphatic hydroxyl groups is 1. The molecular formula is C19H27F3N2O2. The molecule has 0 bridgehead atoms. The van der Waals surface area contributed by atoms with Gasteiger partial charge in [-0.25, -0.2) is 0 Å². The van der Waals surface area contributed by atoms with E-state index < -0.39 is 17.8 Å². The van der Waals surface area contributed by atoms with Crippen LogP contribution in [0.3, 0.4) is 0 Å². The lowest BCUT2D eigenvalue weighted by atomic mass is 10.1. The zero-order valence-electron chi connectivity index (χ0n) is 14.9. The summed E-state index contributed by atoms with van der Waals surface area (Å²) in [7, 11) is 0. The molecule has 26 heavy (non-hydrogen) atoms. The van der Waals surface area contributed by atoms with E-state index in [2.05, 4.69) is 4.90 Å². The van der Waals surface area contributed by atoms with Crippen molar-refractivity contribution in [2.45, 2.75) is 44.1 Å². The zero-order valence-corrected chi connectivity index (χ0v) is 14.9. The number of hydrogen-bond acceptors (Lipinski definition) is 4. The SMILES string of the molecule is O[C@H](COC1CCCC1)CN1CCN(c2cccc(C(F)(F)F)c2)CC1. The Kier molecular flexibility index (Phi) is 6.42. The first-order valence-corrected chi connectivity index (χ1v) is 9.36. The monoisotopic (exact) mass is 372 g/mol. The van der Waals surface area contributed by atoms with Gasteiger partial charge in [-0.15, -0.1) is 0 Å². The number of piperazine rings is 1. The highest BCUT2D eigenvalue weighted by Crippen LogP contribution is 2.31. The fourth-order valence-electron chi connectivity index (χ4n) is 3.72. The summed E-state index contributed by atoms with van der Waals surface area (Å²) in [6.07, 6.45) is 0.0424. The van der Waals surface area contributed by atoms with E-state index >= 15 is 0 Å². The summed E-state index contributed by atoms with van der Waals surface area (Å²) in [4.78, 5) is 4.11. The molecular weight excluding hydrogens is 345 g/mol. The number of rotatable bonds is 6. The maximum atomic E-state index is 12.9. The van der Waals surface area contributed by atoms with Crippen molar-refractivity contribution in [2.24, 2.45) is 0 Å². The highest BCUT2D eigenvalue weighted by atomic mass is 19.4. The normalized spacial score (nSPS) is 21.3. The van der Waals surface area contributed by atoms with Crippen molar-refractivity contribution in [3.63, 3.8) is 0 Å². The predicted molar refractivity (Wildman–Crippen MR) is 94.3 cm³/mol. The van der Waals surface area contributed by atoms with Gasteiger partial charge in [0, 0.05) is 38.4 Å². The van der Waals surface area contributed by atoms with E-state index in [4.69, 9.17) is 4.74 Å². The van der Waals surface area contributed by atoms with Gasteiger partial charge in [0.15, 0.2) is 0 Å².